The Morgan fingerprint density at radius 3 is 2.53 bits per heavy atom. The average Bonchev–Trinajstić information content (AvgIpc) is 2.74. The van der Waals surface area contributed by atoms with Crippen molar-refractivity contribution in [2.75, 3.05) is 0 Å². The fraction of sp³-hybridized carbons (Fsp3) is 0.167. The van der Waals surface area contributed by atoms with Crippen molar-refractivity contribution in [3.05, 3.63) is 53.4 Å². The summed E-state index contributed by atoms with van der Waals surface area (Å²) in [5.74, 6) is -2.10. The molecule has 0 N–H and O–H groups in total. The maximum absolute atomic E-state index is 13.1. The molecule has 0 amide bonds. The number of hydrogen-bond acceptors (Lipinski definition) is 2. The third-order valence-corrected chi connectivity index (χ3v) is 2.47. The van der Waals surface area contributed by atoms with Crippen molar-refractivity contribution in [1.82, 2.24) is 9.55 Å². The van der Waals surface area contributed by atoms with Crippen molar-refractivity contribution in [2.24, 2.45) is 7.05 Å². The smallest absolute Gasteiger partial charge is 0.340 e. The van der Waals surface area contributed by atoms with E-state index in [-0.39, 0.29) is 11.3 Å². The van der Waals surface area contributed by atoms with Gasteiger partial charge >= 0.3 is 6.18 Å². The van der Waals surface area contributed by atoms with Crippen molar-refractivity contribution in [3.8, 4) is 0 Å². The van der Waals surface area contributed by atoms with E-state index in [0.29, 0.717) is 12.1 Å². The van der Waals surface area contributed by atoms with Crippen LogP contribution in [0.2, 0.25) is 0 Å². The minimum Gasteiger partial charge on any atom is -0.340 e. The quantitative estimate of drug-likeness (QED) is 0.622. The zero-order chi connectivity index (χ0) is 14.2. The van der Waals surface area contributed by atoms with Gasteiger partial charge in [-0.15, -0.1) is 0 Å². The van der Waals surface area contributed by atoms with Crippen LogP contribution in [-0.4, -0.2) is 15.3 Å². The zero-order valence-electron chi connectivity index (χ0n) is 9.70. The first kappa shape index (κ1) is 13.3. The summed E-state index contributed by atoms with van der Waals surface area (Å²) in [5, 5.41) is 0. The van der Waals surface area contributed by atoms with Crippen LogP contribution in [0.5, 0.6) is 0 Å². The number of carbonyl (C=O) groups excluding carboxylic acids is 1. The van der Waals surface area contributed by atoms with Crippen LogP contribution in [0.15, 0.2) is 30.7 Å². The first-order valence-electron chi connectivity index (χ1n) is 5.18. The number of benzene rings is 1. The van der Waals surface area contributed by atoms with Gasteiger partial charge in [0, 0.05) is 18.8 Å². The van der Waals surface area contributed by atoms with Crippen LogP contribution in [0.4, 0.5) is 17.6 Å². The van der Waals surface area contributed by atoms with Gasteiger partial charge in [0.2, 0.25) is 5.78 Å². The van der Waals surface area contributed by atoms with Crippen LogP contribution in [0.25, 0.3) is 0 Å². The molecule has 0 aliphatic rings. The number of imidazole rings is 1. The second kappa shape index (κ2) is 4.49. The summed E-state index contributed by atoms with van der Waals surface area (Å²) < 4.78 is 52.2. The summed E-state index contributed by atoms with van der Waals surface area (Å²) in [6.45, 7) is 0. The van der Waals surface area contributed by atoms with Crippen molar-refractivity contribution in [3.63, 3.8) is 0 Å². The highest BCUT2D eigenvalue weighted by Crippen LogP contribution is 2.32. The molecule has 0 saturated heterocycles. The molecule has 0 unspecified atom stereocenters. The zero-order valence-corrected chi connectivity index (χ0v) is 9.70. The number of ketones is 1. The van der Waals surface area contributed by atoms with Gasteiger partial charge in [0.15, 0.2) is 0 Å². The van der Waals surface area contributed by atoms with Gasteiger partial charge in [-0.05, 0) is 18.2 Å². The van der Waals surface area contributed by atoms with E-state index in [1.54, 1.807) is 7.05 Å². The number of hydrogen-bond donors (Lipinski definition) is 0. The highest BCUT2D eigenvalue weighted by atomic mass is 19.4. The van der Waals surface area contributed by atoms with E-state index in [0.717, 1.165) is 6.07 Å². The second-order valence-electron chi connectivity index (χ2n) is 3.95. The van der Waals surface area contributed by atoms with E-state index in [1.807, 2.05) is 0 Å². The molecule has 0 saturated carbocycles. The number of aryl methyl sites for hydroxylation is 1. The Balaban J connectivity index is 2.44. The van der Waals surface area contributed by atoms with Gasteiger partial charge in [0.05, 0.1) is 11.9 Å². The van der Waals surface area contributed by atoms with Crippen molar-refractivity contribution >= 4 is 5.78 Å². The molecule has 0 aliphatic heterocycles. The molecule has 2 rings (SSSR count). The van der Waals surface area contributed by atoms with Crippen LogP contribution in [0.3, 0.4) is 0 Å². The molecule has 1 aromatic carbocycles. The lowest BCUT2D eigenvalue weighted by molar-refractivity contribution is -0.140. The third kappa shape index (κ3) is 2.64. The number of rotatable bonds is 2. The van der Waals surface area contributed by atoms with Crippen LogP contribution in [0.1, 0.15) is 21.6 Å². The molecular formula is C12H8F4N2O. The lowest BCUT2D eigenvalue weighted by Crippen LogP contribution is -2.11. The summed E-state index contributed by atoms with van der Waals surface area (Å²) >= 11 is 0. The number of alkyl halides is 3. The monoisotopic (exact) mass is 272 g/mol. The van der Waals surface area contributed by atoms with E-state index < -0.39 is 23.3 Å². The Morgan fingerprint density at radius 2 is 2.00 bits per heavy atom. The maximum Gasteiger partial charge on any atom is 0.419 e. The predicted octanol–water partition coefficient (Wildman–Crippen LogP) is 2.81. The van der Waals surface area contributed by atoms with Gasteiger partial charge in [0.25, 0.3) is 0 Å². The minimum absolute atomic E-state index is 0.00207. The van der Waals surface area contributed by atoms with Crippen LogP contribution in [0, 0.1) is 5.82 Å². The molecule has 100 valence electrons. The normalized spacial score (nSPS) is 11.6. The van der Waals surface area contributed by atoms with E-state index in [9.17, 15) is 22.4 Å². The molecule has 0 fully saturated rings. The van der Waals surface area contributed by atoms with Crippen molar-refractivity contribution in [1.29, 1.82) is 0 Å². The van der Waals surface area contributed by atoms with E-state index in [1.165, 1.54) is 17.1 Å². The number of nitrogens with zero attached hydrogens (tertiary/aromatic N) is 2. The highest BCUT2D eigenvalue weighted by molar-refractivity contribution is 6.07. The molecule has 2 aromatic rings. The topological polar surface area (TPSA) is 34.9 Å². The molecule has 3 nitrogen and oxygen atoms in total. The molecule has 0 atom stereocenters. The minimum atomic E-state index is -4.84. The second-order valence-corrected chi connectivity index (χ2v) is 3.95. The average molecular weight is 272 g/mol. The summed E-state index contributed by atoms with van der Waals surface area (Å²) in [6, 6.07) is 2.12. The Morgan fingerprint density at radius 1 is 1.32 bits per heavy atom. The lowest BCUT2D eigenvalue weighted by atomic mass is 10.0. The largest absolute Gasteiger partial charge is 0.419 e. The van der Waals surface area contributed by atoms with Crippen LogP contribution < -0.4 is 0 Å². The van der Waals surface area contributed by atoms with E-state index in [4.69, 9.17) is 0 Å². The Kier molecular flexibility index (Phi) is 3.13. The van der Waals surface area contributed by atoms with Gasteiger partial charge in [-0.1, -0.05) is 0 Å². The fourth-order valence-corrected chi connectivity index (χ4v) is 1.56. The van der Waals surface area contributed by atoms with Gasteiger partial charge in [0.1, 0.15) is 11.5 Å². The molecule has 19 heavy (non-hydrogen) atoms. The molecule has 0 radical (unpaired) electrons. The molecular weight excluding hydrogens is 264 g/mol. The standard InChI is InChI=1S/C12H8F4N2O/c1-18-5-10(17-6-18)11(19)7-2-3-9(13)8(4-7)12(14,15)16/h2-6H,1H3. The number of aromatic nitrogens is 2. The Labute approximate surface area is 105 Å². The lowest BCUT2D eigenvalue weighted by Gasteiger charge is -2.09. The Hall–Kier alpha value is -2.18. The highest BCUT2D eigenvalue weighted by Gasteiger charge is 2.34. The van der Waals surface area contributed by atoms with Crippen LogP contribution in [-0.2, 0) is 13.2 Å². The summed E-state index contributed by atoms with van der Waals surface area (Å²) in [7, 11) is 1.62. The number of halogens is 4. The van der Waals surface area contributed by atoms with Crippen molar-refractivity contribution in [2.45, 2.75) is 6.18 Å². The molecule has 0 aliphatic carbocycles. The van der Waals surface area contributed by atoms with Gasteiger partial charge in [-0.25, -0.2) is 9.37 Å². The summed E-state index contributed by atoms with van der Waals surface area (Å²) in [6.07, 6.45) is -2.12. The van der Waals surface area contributed by atoms with Gasteiger partial charge in [-0.3, -0.25) is 4.79 Å². The number of carbonyl (C=O) groups is 1. The van der Waals surface area contributed by atoms with Gasteiger partial charge < -0.3 is 4.57 Å². The fourth-order valence-electron chi connectivity index (χ4n) is 1.56. The van der Waals surface area contributed by atoms with Crippen molar-refractivity contribution < 1.29 is 22.4 Å². The maximum atomic E-state index is 13.1. The van der Waals surface area contributed by atoms with Gasteiger partial charge in [-0.2, -0.15) is 13.2 Å². The first-order chi connectivity index (χ1) is 8.79. The van der Waals surface area contributed by atoms with E-state index in [2.05, 4.69) is 4.98 Å². The molecule has 1 heterocycles. The summed E-state index contributed by atoms with van der Waals surface area (Å²) in [5.41, 5.74) is -1.72. The van der Waals surface area contributed by atoms with Crippen LogP contribution >= 0.6 is 0 Å². The summed E-state index contributed by atoms with van der Waals surface area (Å²) in [4.78, 5) is 15.6. The SMILES string of the molecule is Cn1cnc(C(=O)c2ccc(F)c(C(F)(F)F)c2)c1. The molecule has 0 bridgehead atoms. The molecule has 7 heteroatoms. The molecule has 1 aromatic heterocycles. The predicted molar refractivity (Wildman–Crippen MR) is 58.0 cm³/mol. The van der Waals surface area contributed by atoms with E-state index >= 15 is 0 Å². The first-order valence-corrected chi connectivity index (χ1v) is 5.18. The third-order valence-electron chi connectivity index (χ3n) is 2.47. The molecule has 0 spiro atoms. The Bertz CT molecular complexity index is 631.